The van der Waals surface area contributed by atoms with Gasteiger partial charge in [-0.3, -0.25) is 0 Å². The van der Waals surface area contributed by atoms with Crippen LogP contribution < -0.4 is 4.90 Å². The lowest BCUT2D eigenvalue weighted by Crippen LogP contribution is -2.35. The number of ether oxygens (including phenoxy) is 1. The number of carbonyl (C=O) groups is 1. The molecule has 0 bridgehead atoms. The van der Waals surface area contributed by atoms with Gasteiger partial charge in [0.1, 0.15) is 5.82 Å². The topological polar surface area (TPSA) is 62.7 Å². The third-order valence-electron chi connectivity index (χ3n) is 3.62. The SMILES string of the molecule is CCOC(=O)c1ccc(N2CCC(C)C2CO)nc1. The standard InChI is InChI=1S/C14H20N2O3/c1-3-19-14(18)11-4-5-13(15-8-11)16-7-6-10(2)12(16)9-17/h4-5,8,10,12,17H,3,6-7,9H2,1-2H3. The molecule has 1 saturated heterocycles. The highest BCUT2D eigenvalue weighted by Crippen LogP contribution is 2.28. The van der Waals surface area contributed by atoms with Crippen molar-refractivity contribution in [2.45, 2.75) is 26.3 Å². The molecule has 0 radical (unpaired) electrons. The number of hydrogen-bond donors (Lipinski definition) is 1. The number of hydrogen-bond acceptors (Lipinski definition) is 5. The lowest BCUT2D eigenvalue weighted by Gasteiger charge is -2.26. The molecule has 1 aliphatic heterocycles. The highest BCUT2D eigenvalue weighted by atomic mass is 16.5. The Balaban J connectivity index is 2.12. The summed E-state index contributed by atoms with van der Waals surface area (Å²) >= 11 is 0. The molecule has 0 saturated carbocycles. The zero-order chi connectivity index (χ0) is 13.8. The van der Waals surface area contributed by atoms with Gasteiger partial charge >= 0.3 is 5.97 Å². The molecule has 5 nitrogen and oxygen atoms in total. The van der Waals surface area contributed by atoms with E-state index in [0.717, 1.165) is 18.8 Å². The average molecular weight is 264 g/mol. The maximum Gasteiger partial charge on any atom is 0.339 e. The van der Waals surface area contributed by atoms with Crippen LogP contribution in [-0.2, 0) is 4.74 Å². The van der Waals surface area contributed by atoms with Crippen molar-refractivity contribution >= 4 is 11.8 Å². The van der Waals surface area contributed by atoms with Crippen LogP contribution in [0.4, 0.5) is 5.82 Å². The molecule has 2 rings (SSSR count). The number of rotatable bonds is 4. The number of aliphatic hydroxyl groups excluding tert-OH is 1. The minimum Gasteiger partial charge on any atom is -0.462 e. The quantitative estimate of drug-likeness (QED) is 0.834. The van der Waals surface area contributed by atoms with Gasteiger partial charge in [-0.2, -0.15) is 0 Å². The second-order valence-corrected chi connectivity index (χ2v) is 4.83. The van der Waals surface area contributed by atoms with Crippen LogP contribution in [0.3, 0.4) is 0 Å². The van der Waals surface area contributed by atoms with Gasteiger partial charge in [0.05, 0.1) is 24.8 Å². The van der Waals surface area contributed by atoms with Gasteiger partial charge in [0.15, 0.2) is 0 Å². The van der Waals surface area contributed by atoms with E-state index >= 15 is 0 Å². The monoisotopic (exact) mass is 264 g/mol. The molecule has 104 valence electrons. The van der Waals surface area contributed by atoms with Crippen LogP contribution in [0.15, 0.2) is 18.3 Å². The summed E-state index contributed by atoms with van der Waals surface area (Å²) in [6, 6.07) is 3.64. The summed E-state index contributed by atoms with van der Waals surface area (Å²) in [6.45, 7) is 5.28. The van der Waals surface area contributed by atoms with Gasteiger partial charge in [-0.25, -0.2) is 9.78 Å². The van der Waals surface area contributed by atoms with Crippen LogP contribution in [0.2, 0.25) is 0 Å². The third kappa shape index (κ3) is 2.87. The van der Waals surface area contributed by atoms with E-state index in [-0.39, 0.29) is 18.6 Å². The normalized spacial score (nSPS) is 22.6. The van der Waals surface area contributed by atoms with Crippen molar-refractivity contribution in [1.29, 1.82) is 0 Å². The van der Waals surface area contributed by atoms with Crippen molar-refractivity contribution in [3.8, 4) is 0 Å². The summed E-state index contributed by atoms with van der Waals surface area (Å²) < 4.78 is 4.92. The molecule has 0 amide bonds. The number of nitrogens with zero attached hydrogens (tertiary/aromatic N) is 2. The Hall–Kier alpha value is -1.62. The molecule has 2 heterocycles. The summed E-state index contributed by atoms with van der Waals surface area (Å²) in [4.78, 5) is 17.9. The summed E-state index contributed by atoms with van der Waals surface area (Å²) in [5, 5.41) is 9.44. The first-order valence-electron chi connectivity index (χ1n) is 6.68. The second kappa shape index (κ2) is 6.02. The fourth-order valence-corrected chi connectivity index (χ4v) is 2.46. The molecule has 2 atom stereocenters. The fraction of sp³-hybridized carbons (Fsp3) is 0.571. The number of esters is 1. The number of anilines is 1. The molecule has 2 unspecified atom stereocenters. The molecule has 0 spiro atoms. The van der Waals surface area contributed by atoms with E-state index in [4.69, 9.17) is 4.74 Å². The summed E-state index contributed by atoms with van der Waals surface area (Å²) in [5.74, 6) is 0.906. The first kappa shape index (κ1) is 13.8. The summed E-state index contributed by atoms with van der Waals surface area (Å²) in [6.07, 6.45) is 2.58. The van der Waals surface area contributed by atoms with Crippen LogP contribution in [0.25, 0.3) is 0 Å². The van der Waals surface area contributed by atoms with Crippen molar-refractivity contribution in [3.05, 3.63) is 23.9 Å². The maximum absolute atomic E-state index is 11.5. The van der Waals surface area contributed by atoms with E-state index in [2.05, 4.69) is 16.8 Å². The lowest BCUT2D eigenvalue weighted by atomic mass is 10.0. The maximum atomic E-state index is 11.5. The van der Waals surface area contributed by atoms with Crippen LogP contribution in [0.5, 0.6) is 0 Å². The van der Waals surface area contributed by atoms with E-state index in [1.54, 1.807) is 13.0 Å². The van der Waals surface area contributed by atoms with E-state index in [9.17, 15) is 9.90 Å². The Bertz CT molecular complexity index is 433. The minimum absolute atomic E-state index is 0.112. The van der Waals surface area contributed by atoms with Crippen molar-refractivity contribution in [2.24, 2.45) is 5.92 Å². The molecule has 1 fully saturated rings. The highest BCUT2D eigenvalue weighted by molar-refractivity contribution is 5.89. The predicted octanol–water partition coefficient (Wildman–Crippen LogP) is 1.47. The number of aliphatic hydroxyl groups is 1. The van der Waals surface area contributed by atoms with Crippen LogP contribution >= 0.6 is 0 Å². The van der Waals surface area contributed by atoms with Gasteiger partial charge in [0, 0.05) is 12.7 Å². The van der Waals surface area contributed by atoms with E-state index < -0.39 is 0 Å². The van der Waals surface area contributed by atoms with E-state index in [1.807, 2.05) is 6.07 Å². The zero-order valence-corrected chi connectivity index (χ0v) is 11.4. The Morgan fingerprint density at radius 3 is 2.95 bits per heavy atom. The predicted molar refractivity (Wildman–Crippen MR) is 72.2 cm³/mol. The van der Waals surface area contributed by atoms with Crippen LogP contribution in [-0.4, -0.2) is 41.9 Å². The van der Waals surface area contributed by atoms with Crippen molar-refractivity contribution in [3.63, 3.8) is 0 Å². The minimum atomic E-state index is -0.352. The molecule has 1 aliphatic rings. The van der Waals surface area contributed by atoms with Gasteiger partial charge in [0.2, 0.25) is 0 Å². The van der Waals surface area contributed by atoms with Crippen molar-refractivity contribution in [1.82, 2.24) is 4.98 Å². The number of carbonyl (C=O) groups excluding carboxylic acids is 1. The first-order valence-corrected chi connectivity index (χ1v) is 6.68. The molecular formula is C14H20N2O3. The number of aromatic nitrogens is 1. The van der Waals surface area contributed by atoms with E-state index in [0.29, 0.717) is 18.1 Å². The Morgan fingerprint density at radius 1 is 1.58 bits per heavy atom. The molecule has 0 aromatic carbocycles. The molecular weight excluding hydrogens is 244 g/mol. The summed E-state index contributed by atoms with van der Waals surface area (Å²) in [5.41, 5.74) is 0.457. The summed E-state index contributed by atoms with van der Waals surface area (Å²) in [7, 11) is 0. The van der Waals surface area contributed by atoms with Crippen molar-refractivity contribution in [2.75, 3.05) is 24.7 Å². The average Bonchev–Trinajstić information content (AvgIpc) is 2.80. The lowest BCUT2D eigenvalue weighted by molar-refractivity contribution is 0.0526. The number of pyridine rings is 1. The first-order chi connectivity index (χ1) is 9.17. The molecule has 1 N–H and O–H groups in total. The van der Waals surface area contributed by atoms with Crippen LogP contribution in [0.1, 0.15) is 30.6 Å². The van der Waals surface area contributed by atoms with Gasteiger partial charge in [0.25, 0.3) is 0 Å². The van der Waals surface area contributed by atoms with Crippen LogP contribution in [0, 0.1) is 5.92 Å². The molecule has 1 aromatic rings. The Labute approximate surface area is 113 Å². The molecule has 19 heavy (non-hydrogen) atoms. The van der Waals surface area contributed by atoms with Crippen molar-refractivity contribution < 1.29 is 14.6 Å². The third-order valence-corrected chi connectivity index (χ3v) is 3.62. The van der Waals surface area contributed by atoms with E-state index in [1.165, 1.54) is 6.20 Å². The smallest absolute Gasteiger partial charge is 0.339 e. The fourth-order valence-electron chi connectivity index (χ4n) is 2.46. The Kier molecular flexibility index (Phi) is 4.37. The van der Waals surface area contributed by atoms with Gasteiger partial charge < -0.3 is 14.7 Å². The van der Waals surface area contributed by atoms with Gasteiger partial charge in [-0.05, 0) is 31.4 Å². The molecule has 0 aliphatic carbocycles. The molecule has 1 aromatic heterocycles. The highest BCUT2D eigenvalue weighted by Gasteiger charge is 2.31. The largest absolute Gasteiger partial charge is 0.462 e. The second-order valence-electron chi connectivity index (χ2n) is 4.83. The van der Waals surface area contributed by atoms with Gasteiger partial charge in [-0.15, -0.1) is 0 Å². The Morgan fingerprint density at radius 2 is 2.37 bits per heavy atom. The molecule has 5 heteroatoms. The zero-order valence-electron chi connectivity index (χ0n) is 11.4. The van der Waals surface area contributed by atoms with Gasteiger partial charge in [-0.1, -0.05) is 6.92 Å².